The van der Waals surface area contributed by atoms with Crippen molar-refractivity contribution >= 4 is 34.5 Å². The van der Waals surface area contributed by atoms with E-state index in [0.717, 1.165) is 16.8 Å². The summed E-state index contributed by atoms with van der Waals surface area (Å²) >= 11 is 1.26. The zero-order valence-electron chi connectivity index (χ0n) is 20.9. The number of aryl methyl sites for hydroxylation is 2. The molecule has 8 nitrogen and oxygen atoms in total. The van der Waals surface area contributed by atoms with E-state index in [0.29, 0.717) is 33.5 Å². The van der Waals surface area contributed by atoms with Crippen molar-refractivity contribution in [2.75, 3.05) is 31.9 Å². The lowest BCUT2D eigenvalue weighted by Crippen LogP contribution is -2.31. The standard InChI is InChI=1S/C26H31N3O5S/c1-7-34-25(31)23-17(4)27-26(29-24(23)19-10-9-18(32-5)13-21(19)33-6)35-14-22(30)28-20-11-8-15(2)12-16(20)3/h8-13,24H,7,14H2,1-6H3,(H,27,29)(H,28,30)/t24-/m0/s1. The second-order valence-electron chi connectivity index (χ2n) is 7.98. The van der Waals surface area contributed by atoms with E-state index in [2.05, 4.69) is 10.6 Å². The normalized spacial score (nSPS) is 15.1. The number of ether oxygens (including phenoxy) is 3. The summed E-state index contributed by atoms with van der Waals surface area (Å²) in [6.45, 7) is 7.76. The predicted octanol–water partition coefficient (Wildman–Crippen LogP) is 4.53. The van der Waals surface area contributed by atoms with Gasteiger partial charge in [0.2, 0.25) is 5.91 Å². The third-order valence-corrected chi connectivity index (χ3v) is 6.33. The van der Waals surface area contributed by atoms with E-state index in [1.807, 2.05) is 38.1 Å². The van der Waals surface area contributed by atoms with Gasteiger partial charge in [-0.25, -0.2) is 9.79 Å². The zero-order valence-corrected chi connectivity index (χ0v) is 21.7. The Hall–Kier alpha value is -3.46. The van der Waals surface area contributed by atoms with Crippen molar-refractivity contribution in [2.45, 2.75) is 33.7 Å². The minimum absolute atomic E-state index is 0.146. The number of anilines is 1. The quantitative estimate of drug-likeness (QED) is 0.517. The van der Waals surface area contributed by atoms with Gasteiger partial charge in [0.15, 0.2) is 5.17 Å². The lowest BCUT2D eigenvalue weighted by Gasteiger charge is -2.26. The van der Waals surface area contributed by atoms with Crippen molar-refractivity contribution in [1.29, 1.82) is 0 Å². The number of hydrogen-bond donors (Lipinski definition) is 2. The number of rotatable bonds is 8. The smallest absolute Gasteiger partial charge is 0.338 e. The molecule has 0 unspecified atom stereocenters. The van der Waals surface area contributed by atoms with Crippen LogP contribution < -0.4 is 20.1 Å². The van der Waals surface area contributed by atoms with Gasteiger partial charge in [0.1, 0.15) is 17.5 Å². The zero-order chi connectivity index (χ0) is 25.5. The van der Waals surface area contributed by atoms with Crippen LogP contribution in [0.1, 0.15) is 36.6 Å². The molecule has 0 saturated heterocycles. The molecule has 1 amide bonds. The highest BCUT2D eigenvalue weighted by Gasteiger charge is 2.32. The summed E-state index contributed by atoms with van der Waals surface area (Å²) in [5.74, 6) is 0.697. The van der Waals surface area contributed by atoms with E-state index >= 15 is 0 Å². The van der Waals surface area contributed by atoms with Gasteiger partial charge in [-0.3, -0.25) is 4.79 Å². The maximum absolute atomic E-state index is 12.8. The summed E-state index contributed by atoms with van der Waals surface area (Å²) in [6, 6.07) is 10.6. The molecular formula is C26H31N3O5S. The number of amidine groups is 1. The summed E-state index contributed by atoms with van der Waals surface area (Å²) < 4.78 is 16.2. The van der Waals surface area contributed by atoms with Gasteiger partial charge in [-0.15, -0.1) is 0 Å². The predicted molar refractivity (Wildman–Crippen MR) is 139 cm³/mol. The first-order valence-corrected chi connectivity index (χ1v) is 12.2. The number of amides is 1. The Morgan fingerprint density at radius 3 is 2.51 bits per heavy atom. The van der Waals surface area contributed by atoms with E-state index in [-0.39, 0.29) is 18.3 Å². The second-order valence-corrected chi connectivity index (χ2v) is 8.95. The fourth-order valence-corrected chi connectivity index (χ4v) is 4.48. The van der Waals surface area contributed by atoms with Crippen LogP contribution in [-0.4, -0.2) is 43.6 Å². The highest BCUT2D eigenvalue weighted by molar-refractivity contribution is 8.14. The lowest BCUT2D eigenvalue weighted by atomic mass is 9.95. The summed E-state index contributed by atoms with van der Waals surface area (Å²) in [7, 11) is 3.12. The highest BCUT2D eigenvalue weighted by Crippen LogP contribution is 2.39. The van der Waals surface area contributed by atoms with Gasteiger partial charge in [-0.05, 0) is 51.5 Å². The van der Waals surface area contributed by atoms with Crippen LogP contribution in [0.15, 0.2) is 52.7 Å². The number of benzene rings is 2. The summed E-state index contributed by atoms with van der Waals surface area (Å²) in [4.78, 5) is 30.2. The lowest BCUT2D eigenvalue weighted by molar-refractivity contribution is -0.139. The first-order chi connectivity index (χ1) is 16.8. The number of aliphatic imine (C=N–C) groups is 1. The third kappa shape index (κ3) is 6.36. The van der Waals surface area contributed by atoms with Crippen molar-refractivity contribution in [2.24, 2.45) is 4.99 Å². The van der Waals surface area contributed by atoms with Crippen molar-refractivity contribution in [3.8, 4) is 11.5 Å². The molecule has 0 spiro atoms. The van der Waals surface area contributed by atoms with Crippen molar-refractivity contribution in [3.63, 3.8) is 0 Å². The molecule has 0 fully saturated rings. The minimum Gasteiger partial charge on any atom is -0.497 e. The molecule has 1 aliphatic rings. The van der Waals surface area contributed by atoms with Gasteiger partial charge >= 0.3 is 5.97 Å². The number of methoxy groups -OCH3 is 2. The first-order valence-electron chi connectivity index (χ1n) is 11.2. The van der Waals surface area contributed by atoms with Gasteiger partial charge in [0.05, 0.1) is 32.2 Å². The van der Waals surface area contributed by atoms with Crippen LogP contribution >= 0.6 is 11.8 Å². The van der Waals surface area contributed by atoms with Crippen molar-refractivity contribution in [3.05, 3.63) is 64.4 Å². The monoisotopic (exact) mass is 497 g/mol. The Balaban J connectivity index is 1.85. The summed E-state index contributed by atoms with van der Waals surface area (Å²) in [5.41, 5.74) is 4.60. The molecule has 186 valence electrons. The average Bonchev–Trinajstić information content (AvgIpc) is 2.83. The Morgan fingerprint density at radius 1 is 1.09 bits per heavy atom. The Bertz CT molecular complexity index is 1180. The maximum atomic E-state index is 12.8. The van der Waals surface area contributed by atoms with Crippen LogP contribution in [0.25, 0.3) is 0 Å². The Morgan fingerprint density at radius 2 is 1.86 bits per heavy atom. The maximum Gasteiger partial charge on any atom is 0.338 e. The molecule has 0 aliphatic carbocycles. The SMILES string of the molecule is CCOC(=O)C1=C(C)NC(SCC(=O)Nc2ccc(C)cc2C)=N[C@H]1c1ccc(OC)cc1OC. The van der Waals surface area contributed by atoms with Crippen LogP contribution in [0.4, 0.5) is 5.69 Å². The fourth-order valence-electron chi connectivity index (χ4n) is 3.74. The molecule has 3 rings (SSSR count). The molecule has 9 heteroatoms. The average molecular weight is 498 g/mol. The molecule has 0 bridgehead atoms. The molecule has 0 aromatic heterocycles. The molecule has 2 aromatic rings. The number of thioether (sulfide) groups is 1. The van der Waals surface area contributed by atoms with Crippen LogP contribution in [-0.2, 0) is 14.3 Å². The molecule has 1 heterocycles. The van der Waals surface area contributed by atoms with Gasteiger partial charge in [-0.2, -0.15) is 0 Å². The molecular weight excluding hydrogens is 466 g/mol. The van der Waals surface area contributed by atoms with Crippen molar-refractivity contribution < 1.29 is 23.8 Å². The molecule has 35 heavy (non-hydrogen) atoms. The number of allylic oxidation sites excluding steroid dienone is 1. The number of carbonyl (C=O) groups is 2. The van der Waals surface area contributed by atoms with E-state index in [9.17, 15) is 9.59 Å². The summed E-state index contributed by atoms with van der Waals surface area (Å²) in [5, 5.41) is 6.62. The first kappa shape index (κ1) is 26.2. The number of nitrogens with one attached hydrogen (secondary N) is 2. The van der Waals surface area contributed by atoms with Crippen molar-refractivity contribution in [1.82, 2.24) is 5.32 Å². The summed E-state index contributed by atoms with van der Waals surface area (Å²) in [6.07, 6.45) is 0. The van der Waals surface area contributed by atoms with Crippen LogP contribution in [0, 0.1) is 13.8 Å². The largest absolute Gasteiger partial charge is 0.497 e. The molecule has 2 aromatic carbocycles. The van der Waals surface area contributed by atoms with E-state index in [1.54, 1.807) is 40.2 Å². The van der Waals surface area contributed by atoms with Gasteiger partial charge in [0, 0.05) is 23.0 Å². The molecule has 1 atom stereocenters. The molecule has 0 saturated carbocycles. The van der Waals surface area contributed by atoms with Crippen LogP contribution in [0.3, 0.4) is 0 Å². The molecule has 1 aliphatic heterocycles. The van der Waals surface area contributed by atoms with Crippen LogP contribution in [0.2, 0.25) is 0 Å². The number of hydrogen-bond acceptors (Lipinski definition) is 8. The molecule has 0 radical (unpaired) electrons. The number of nitrogens with zero attached hydrogens (tertiary/aromatic N) is 1. The highest BCUT2D eigenvalue weighted by atomic mass is 32.2. The van der Waals surface area contributed by atoms with E-state index in [1.165, 1.54) is 11.8 Å². The van der Waals surface area contributed by atoms with E-state index < -0.39 is 12.0 Å². The number of carbonyl (C=O) groups excluding carboxylic acids is 2. The third-order valence-electron chi connectivity index (χ3n) is 5.44. The topological polar surface area (TPSA) is 98.2 Å². The van der Waals surface area contributed by atoms with Gasteiger partial charge in [-0.1, -0.05) is 29.5 Å². The fraction of sp³-hybridized carbons (Fsp3) is 0.346. The Labute approximate surface area is 210 Å². The van der Waals surface area contributed by atoms with E-state index in [4.69, 9.17) is 19.2 Å². The van der Waals surface area contributed by atoms with Gasteiger partial charge in [0.25, 0.3) is 0 Å². The minimum atomic E-state index is -0.666. The van der Waals surface area contributed by atoms with Crippen LogP contribution in [0.5, 0.6) is 11.5 Å². The number of esters is 1. The van der Waals surface area contributed by atoms with Gasteiger partial charge < -0.3 is 24.8 Å². The second kappa shape index (κ2) is 11.8. The molecule has 2 N–H and O–H groups in total. The Kier molecular flexibility index (Phi) is 8.81.